The van der Waals surface area contributed by atoms with E-state index in [1.807, 2.05) is 0 Å². The first-order valence-corrected chi connectivity index (χ1v) is 6.36. The van der Waals surface area contributed by atoms with Crippen molar-refractivity contribution in [2.75, 3.05) is 6.61 Å². The number of carboxylic acids is 3. The Hall–Kier alpha value is -3.16. The highest BCUT2D eigenvalue weighted by Gasteiger charge is 2.27. The van der Waals surface area contributed by atoms with E-state index in [4.69, 9.17) is 4.74 Å². The molecule has 23 heavy (non-hydrogen) atoms. The van der Waals surface area contributed by atoms with Gasteiger partial charge in [0.05, 0.1) is 23.3 Å². The van der Waals surface area contributed by atoms with Gasteiger partial charge >= 0.3 is 23.9 Å². The number of aromatic carboxylic acids is 3. The maximum Gasteiger partial charge on any atom is 0.336 e. The number of ether oxygens (including phenoxy) is 1. The normalized spacial score (nSPS) is 9.96. The van der Waals surface area contributed by atoms with Crippen LogP contribution < -0.4 is 0 Å². The molecule has 0 amide bonds. The summed E-state index contributed by atoms with van der Waals surface area (Å²) in [7, 11) is 0. The van der Waals surface area contributed by atoms with Gasteiger partial charge in [0, 0.05) is 12.5 Å². The van der Waals surface area contributed by atoms with Crippen molar-refractivity contribution in [1.82, 2.24) is 0 Å². The van der Waals surface area contributed by atoms with Crippen LogP contribution in [-0.4, -0.2) is 45.8 Å². The van der Waals surface area contributed by atoms with E-state index in [0.717, 1.165) is 12.1 Å². The van der Waals surface area contributed by atoms with Crippen molar-refractivity contribution in [2.45, 2.75) is 13.3 Å². The molecule has 0 unspecified atom stereocenters. The van der Waals surface area contributed by atoms with Crippen LogP contribution in [0, 0.1) is 6.92 Å². The van der Waals surface area contributed by atoms with E-state index in [0.29, 0.717) is 0 Å². The third-order valence-corrected chi connectivity index (χ3v) is 3.05. The number of hydrogen-bond donors (Lipinski definition) is 3. The van der Waals surface area contributed by atoms with Crippen LogP contribution in [0.5, 0.6) is 0 Å². The molecule has 0 atom stereocenters. The molecule has 0 radical (unpaired) electrons. The number of aryl methyl sites for hydroxylation is 1. The Labute approximate surface area is 130 Å². The van der Waals surface area contributed by atoms with Gasteiger partial charge in [-0.25, -0.2) is 19.2 Å². The number of rotatable bonds is 7. The second-order valence-corrected chi connectivity index (χ2v) is 4.51. The minimum absolute atomic E-state index is 0.0131. The smallest absolute Gasteiger partial charge is 0.336 e. The number of carbonyl (C=O) groups is 4. The highest BCUT2D eigenvalue weighted by molar-refractivity contribution is 6.06. The Kier molecular flexibility index (Phi) is 5.61. The molecule has 0 aromatic heterocycles. The number of carbonyl (C=O) groups excluding carboxylic acids is 1. The third kappa shape index (κ3) is 3.94. The molecule has 0 saturated heterocycles. The van der Waals surface area contributed by atoms with Crippen molar-refractivity contribution in [3.8, 4) is 0 Å². The van der Waals surface area contributed by atoms with Gasteiger partial charge in [-0.05, 0) is 24.1 Å². The molecule has 0 fully saturated rings. The Morgan fingerprint density at radius 3 is 2.09 bits per heavy atom. The standard InChI is InChI=1S/C15H14O8/c1-3-10(16)23-5-4-8-9(13(17)18)6-7(2)11(14(19)20)12(8)15(21)22/h3,6H,1,4-5H2,2H3,(H,17,18)(H,19,20)(H,21,22). The lowest BCUT2D eigenvalue weighted by molar-refractivity contribution is -0.137. The quantitative estimate of drug-likeness (QED) is 0.505. The summed E-state index contributed by atoms with van der Waals surface area (Å²) in [6.07, 6.45) is 0.636. The number of carboxylic acid groups (broad SMARTS) is 3. The van der Waals surface area contributed by atoms with Gasteiger partial charge in [0.15, 0.2) is 0 Å². The summed E-state index contributed by atoms with van der Waals surface area (Å²) in [6.45, 7) is 4.18. The molecule has 3 N–H and O–H groups in total. The highest BCUT2D eigenvalue weighted by Crippen LogP contribution is 2.25. The van der Waals surface area contributed by atoms with Gasteiger partial charge in [-0.1, -0.05) is 6.58 Å². The first-order valence-electron chi connectivity index (χ1n) is 6.36. The SMILES string of the molecule is C=CC(=O)OCCc1c(C(=O)O)cc(C)c(C(=O)O)c1C(=O)O. The monoisotopic (exact) mass is 322 g/mol. The number of esters is 1. The van der Waals surface area contributed by atoms with Crippen LogP contribution in [0.1, 0.15) is 42.2 Å². The van der Waals surface area contributed by atoms with Gasteiger partial charge in [0.25, 0.3) is 0 Å². The predicted octanol–water partition coefficient (Wildman–Crippen LogP) is 1.36. The molecule has 1 aromatic carbocycles. The van der Waals surface area contributed by atoms with Gasteiger partial charge in [-0.15, -0.1) is 0 Å². The first-order chi connectivity index (χ1) is 10.7. The third-order valence-electron chi connectivity index (χ3n) is 3.05. The highest BCUT2D eigenvalue weighted by atomic mass is 16.5. The molecule has 0 aliphatic rings. The summed E-state index contributed by atoms with van der Waals surface area (Å²) in [5.41, 5.74) is -1.67. The Balaban J connectivity index is 3.48. The lowest BCUT2D eigenvalue weighted by Crippen LogP contribution is -2.19. The summed E-state index contributed by atoms with van der Waals surface area (Å²) < 4.78 is 4.70. The fourth-order valence-corrected chi connectivity index (χ4v) is 2.13. The molecular weight excluding hydrogens is 308 g/mol. The molecule has 0 bridgehead atoms. The van der Waals surface area contributed by atoms with Gasteiger partial charge in [0.2, 0.25) is 0 Å². The van der Waals surface area contributed by atoms with Gasteiger partial charge < -0.3 is 20.1 Å². The summed E-state index contributed by atoms with van der Waals surface area (Å²) in [5, 5.41) is 27.7. The zero-order chi connectivity index (χ0) is 17.7. The van der Waals surface area contributed by atoms with E-state index < -0.39 is 35.0 Å². The average Bonchev–Trinajstić information content (AvgIpc) is 2.46. The van der Waals surface area contributed by atoms with E-state index in [2.05, 4.69) is 6.58 Å². The molecule has 122 valence electrons. The molecule has 8 nitrogen and oxygen atoms in total. The minimum Gasteiger partial charge on any atom is -0.478 e. The van der Waals surface area contributed by atoms with Gasteiger partial charge in [-0.3, -0.25) is 0 Å². The summed E-state index contributed by atoms with van der Waals surface area (Å²) in [6, 6.07) is 1.09. The summed E-state index contributed by atoms with van der Waals surface area (Å²) in [5.74, 6) is -5.22. The van der Waals surface area contributed by atoms with Crippen LogP contribution in [0.4, 0.5) is 0 Å². The van der Waals surface area contributed by atoms with Crippen LogP contribution in [0.2, 0.25) is 0 Å². The molecule has 8 heteroatoms. The minimum atomic E-state index is -1.57. The van der Waals surface area contributed by atoms with Crippen molar-refractivity contribution in [2.24, 2.45) is 0 Å². The molecule has 0 aliphatic carbocycles. The van der Waals surface area contributed by atoms with Crippen LogP contribution >= 0.6 is 0 Å². The topological polar surface area (TPSA) is 138 Å². The molecule has 0 heterocycles. The van der Waals surface area contributed by atoms with Crippen molar-refractivity contribution >= 4 is 23.9 Å². The van der Waals surface area contributed by atoms with Crippen molar-refractivity contribution in [1.29, 1.82) is 0 Å². The first kappa shape index (κ1) is 17.9. The molecule has 0 aliphatic heterocycles. The average molecular weight is 322 g/mol. The maximum absolute atomic E-state index is 11.4. The largest absolute Gasteiger partial charge is 0.478 e. The molecule has 0 spiro atoms. The van der Waals surface area contributed by atoms with E-state index in [-0.39, 0.29) is 29.7 Å². The number of hydrogen-bond acceptors (Lipinski definition) is 5. The Morgan fingerprint density at radius 1 is 1.09 bits per heavy atom. The Morgan fingerprint density at radius 2 is 1.65 bits per heavy atom. The second kappa shape index (κ2) is 7.21. The zero-order valence-electron chi connectivity index (χ0n) is 12.2. The van der Waals surface area contributed by atoms with Crippen molar-refractivity contribution in [3.63, 3.8) is 0 Å². The fraction of sp³-hybridized carbons (Fsp3) is 0.200. The van der Waals surface area contributed by atoms with Crippen molar-refractivity contribution < 1.29 is 39.2 Å². The second-order valence-electron chi connectivity index (χ2n) is 4.51. The van der Waals surface area contributed by atoms with Crippen molar-refractivity contribution in [3.05, 3.63) is 46.5 Å². The zero-order valence-corrected chi connectivity index (χ0v) is 12.2. The van der Waals surface area contributed by atoms with Crippen LogP contribution in [0.15, 0.2) is 18.7 Å². The fourth-order valence-electron chi connectivity index (χ4n) is 2.13. The van der Waals surface area contributed by atoms with E-state index >= 15 is 0 Å². The predicted molar refractivity (Wildman–Crippen MR) is 76.9 cm³/mol. The molecule has 1 rings (SSSR count). The maximum atomic E-state index is 11.4. The summed E-state index contributed by atoms with van der Waals surface area (Å²) in [4.78, 5) is 45.1. The number of benzene rings is 1. The Bertz CT molecular complexity index is 702. The van der Waals surface area contributed by atoms with Gasteiger partial charge in [0.1, 0.15) is 0 Å². The lowest BCUT2D eigenvalue weighted by atomic mass is 9.90. The molecule has 1 aromatic rings. The van der Waals surface area contributed by atoms with Crippen LogP contribution in [0.3, 0.4) is 0 Å². The molecule has 0 saturated carbocycles. The van der Waals surface area contributed by atoms with Gasteiger partial charge in [-0.2, -0.15) is 0 Å². The summed E-state index contributed by atoms with van der Waals surface area (Å²) >= 11 is 0. The van der Waals surface area contributed by atoms with E-state index in [9.17, 15) is 34.5 Å². The van der Waals surface area contributed by atoms with E-state index in [1.54, 1.807) is 0 Å². The molecular formula is C15H14O8. The van der Waals surface area contributed by atoms with Crippen LogP contribution in [0.25, 0.3) is 0 Å². The van der Waals surface area contributed by atoms with E-state index in [1.165, 1.54) is 6.92 Å². The van der Waals surface area contributed by atoms with Crippen LogP contribution in [-0.2, 0) is 16.0 Å². The lowest BCUT2D eigenvalue weighted by Gasteiger charge is -2.15.